The Morgan fingerprint density at radius 3 is 2.75 bits per heavy atom. The molecule has 4 rings (SSSR count). The van der Waals surface area contributed by atoms with Crippen LogP contribution >= 0.6 is 0 Å². The molecule has 3 atom stereocenters. The lowest BCUT2D eigenvalue weighted by Gasteiger charge is -2.55. The van der Waals surface area contributed by atoms with Crippen molar-refractivity contribution in [3.05, 3.63) is 0 Å². The molecule has 16 heavy (non-hydrogen) atoms. The van der Waals surface area contributed by atoms with E-state index in [4.69, 9.17) is 4.74 Å². The summed E-state index contributed by atoms with van der Waals surface area (Å²) in [6.45, 7) is 3.30. The van der Waals surface area contributed by atoms with Crippen LogP contribution in [0.5, 0.6) is 0 Å². The van der Waals surface area contributed by atoms with Gasteiger partial charge in [0.25, 0.3) is 0 Å². The van der Waals surface area contributed by atoms with Gasteiger partial charge in [-0.05, 0) is 44.8 Å². The number of methoxy groups -OCH3 is 1. The fraction of sp³-hybridized carbons (Fsp3) is 0.917. The van der Waals surface area contributed by atoms with Crippen molar-refractivity contribution in [1.82, 2.24) is 10.2 Å². The summed E-state index contributed by atoms with van der Waals surface area (Å²) < 4.78 is 4.95. The Bertz CT molecular complexity index is 287. The molecule has 90 valence electrons. The average molecular weight is 224 g/mol. The summed E-state index contributed by atoms with van der Waals surface area (Å²) in [7, 11) is 1.51. The molecule has 0 spiro atoms. The lowest BCUT2D eigenvalue weighted by atomic mass is 9.71. The van der Waals surface area contributed by atoms with Crippen molar-refractivity contribution in [2.45, 2.75) is 31.3 Å². The first-order valence-electron chi connectivity index (χ1n) is 6.36. The second-order valence-electron chi connectivity index (χ2n) is 5.26. The van der Waals surface area contributed by atoms with Crippen molar-refractivity contribution in [3.8, 4) is 0 Å². The molecule has 0 aromatic carbocycles. The molecule has 0 aromatic heterocycles. The molecule has 0 radical (unpaired) electrons. The van der Waals surface area contributed by atoms with Gasteiger partial charge in [-0.3, -0.25) is 9.69 Å². The quantitative estimate of drug-likeness (QED) is 0.648. The zero-order valence-electron chi connectivity index (χ0n) is 9.82. The smallest absolute Gasteiger partial charge is 0.310 e. The minimum atomic E-state index is -0.0101. The molecule has 4 heterocycles. The highest BCUT2D eigenvalue weighted by Gasteiger charge is 2.49. The van der Waals surface area contributed by atoms with E-state index >= 15 is 0 Å². The molecule has 3 unspecified atom stereocenters. The Balaban J connectivity index is 1.84. The van der Waals surface area contributed by atoms with E-state index in [1.54, 1.807) is 0 Å². The zero-order valence-corrected chi connectivity index (χ0v) is 9.82. The van der Waals surface area contributed by atoms with E-state index in [2.05, 4.69) is 10.2 Å². The molecule has 4 aliphatic rings. The van der Waals surface area contributed by atoms with Gasteiger partial charge in [0.2, 0.25) is 0 Å². The Morgan fingerprint density at radius 1 is 1.31 bits per heavy atom. The van der Waals surface area contributed by atoms with E-state index in [1.807, 2.05) is 0 Å². The van der Waals surface area contributed by atoms with Crippen molar-refractivity contribution >= 4 is 5.97 Å². The summed E-state index contributed by atoms with van der Waals surface area (Å²) in [6.07, 6.45) is 3.52. The lowest BCUT2D eigenvalue weighted by Crippen LogP contribution is -2.68. The molecule has 0 aromatic rings. The summed E-state index contributed by atoms with van der Waals surface area (Å²) in [4.78, 5) is 14.3. The minimum Gasteiger partial charge on any atom is -0.469 e. The van der Waals surface area contributed by atoms with Crippen LogP contribution in [0.2, 0.25) is 0 Å². The van der Waals surface area contributed by atoms with Crippen LogP contribution in [0.25, 0.3) is 0 Å². The first-order chi connectivity index (χ1) is 7.81. The SMILES string of the molecule is COC(=O)C1CCNC2C3CCN(CC3)C12. The molecule has 4 aliphatic heterocycles. The highest BCUT2D eigenvalue weighted by Crippen LogP contribution is 2.38. The van der Waals surface area contributed by atoms with Crippen LogP contribution < -0.4 is 5.32 Å². The number of piperidine rings is 4. The van der Waals surface area contributed by atoms with Crippen molar-refractivity contribution < 1.29 is 9.53 Å². The summed E-state index contributed by atoms with van der Waals surface area (Å²) >= 11 is 0. The zero-order chi connectivity index (χ0) is 11.1. The normalized spacial score (nSPS) is 46.2. The largest absolute Gasteiger partial charge is 0.469 e. The summed E-state index contributed by atoms with van der Waals surface area (Å²) in [5.74, 6) is 0.867. The predicted molar refractivity (Wildman–Crippen MR) is 60.0 cm³/mol. The number of esters is 1. The number of carbonyl (C=O) groups is 1. The van der Waals surface area contributed by atoms with Gasteiger partial charge in [-0.15, -0.1) is 0 Å². The third-order valence-electron chi connectivity index (χ3n) is 4.62. The fourth-order valence-electron chi connectivity index (χ4n) is 3.86. The molecule has 0 amide bonds. The summed E-state index contributed by atoms with van der Waals surface area (Å²) in [5, 5.41) is 3.61. The van der Waals surface area contributed by atoms with Gasteiger partial charge in [-0.1, -0.05) is 0 Å². The maximum Gasteiger partial charge on any atom is 0.310 e. The van der Waals surface area contributed by atoms with Crippen molar-refractivity contribution in [1.29, 1.82) is 0 Å². The van der Waals surface area contributed by atoms with E-state index in [9.17, 15) is 4.79 Å². The van der Waals surface area contributed by atoms with Crippen LogP contribution in [0, 0.1) is 11.8 Å². The molecule has 2 bridgehead atoms. The van der Waals surface area contributed by atoms with Gasteiger partial charge in [0.15, 0.2) is 0 Å². The number of carbonyl (C=O) groups excluding carboxylic acids is 1. The monoisotopic (exact) mass is 224 g/mol. The molecule has 1 N–H and O–H groups in total. The number of ether oxygens (including phenoxy) is 1. The van der Waals surface area contributed by atoms with E-state index in [0.717, 1.165) is 18.9 Å². The Hall–Kier alpha value is -0.610. The molecule has 4 nitrogen and oxygen atoms in total. The van der Waals surface area contributed by atoms with Crippen LogP contribution in [-0.4, -0.2) is 49.7 Å². The molecular weight excluding hydrogens is 204 g/mol. The maximum absolute atomic E-state index is 11.8. The first kappa shape index (κ1) is 10.5. The highest BCUT2D eigenvalue weighted by molar-refractivity contribution is 5.73. The number of hydrogen-bond donors (Lipinski definition) is 1. The molecular formula is C12H20N2O2. The summed E-state index contributed by atoms with van der Waals surface area (Å²) in [5.41, 5.74) is 0. The third kappa shape index (κ3) is 1.47. The van der Waals surface area contributed by atoms with E-state index in [1.165, 1.54) is 33.0 Å². The first-order valence-corrected chi connectivity index (χ1v) is 6.36. The van der Waals surface area contributed by atoms with Gasteiger partial charge in [-0.2, -0.15) is 0 Å². The lowest BCUT2D eigenvalue weighted by molar-refractivity contribution is -0.153. The van der Waals surface area contributed by atoms with Gasteiger partial charge >= 0.3 is 5.97 Å². The molecule has 0 saturated carbocycles. The van der Waals surface area contributed by atoms with Crippen molar-refractivity contribution in [2.24, 2.45) is 11.8 Å². The predicted octanol–water partition coefficient (Wildman–Crippen LogP) is 0.232. The molecule has 4 saturated heterocycles. The second-order valence-corrected chi connectivity index (χ2v) is 5.26. The van der Waals surface area contributed by atoms with Crippen molar-refractivity contribution in [3.63, 3.8) is 0 Å². The Morgan fingerprint density at radius 2 is 2.06 bits per heavy atom. The summed E-state index contributed by atoms with van der Waals surface area (Å²) in [6, 6.07) is 0.925. The fourth-order valence-corrected chi connectivity index (χ4v) is 3.86. The minimum absolute atomic E-state index is 0.0101. The topological polar surface area (TPSA) is 41.6 Å². The molecule has 4 heteroatoms. The number of nitrogens with zero attached hydrogens (tertiary/aromatic N) is 1. The van der Waals surface area contributed by atoms with Gasteiger partial charge < -0.3 is 10.1 Å². The molecule has 4 fully saturated rings. The number of hydrogen-bond acceptors (Lipinski definition) is 4. The second kappa shape index (κ2) is 4.00. The van der Waals surface area contributed by atoms with Gasteiger partial charge in [-0.25, -0.2) is 0 Å². The van der Waals surface area contributed by atoms with Crippen LogP contribution in [0.1, 0.15) is 19.3 Å². The van der Waals surface area contributed by atoms with Gasteiger partial charge in [0, 0.05) is 12.1 Å². The van der Waals surface area contributed by atoms with Crippen LogP contribution in [-0.2, 0) is 9.53 Å². The van der Waals surface area contributed by atoms with Crippen molar-refractivity contribution in [2.75, 3.05) is 26.7 Å². The van der Waals surface area contributed by atoms with Gasteiger partial charge in [0.1, 0.15) is 0 Å². The molecule has 0 aliphatic carbocycles. The highest BCUT2D eigenvalue weighted by atomic mass is 16.5. The van der Waals surface area contributed by atoms with Gasteiger partial charge in [0.05, 0.1) is 13.0 Å². The Kier molecular flexibility index (Phi) is 2.64. The third-order valence-corrected chi connectivity index (χ3v) is 4.62. The van der Waals surface area contributed by atoms with Crippen LogP contribution in [0.15, 0.2) is 0 Å². The Labute approximate surface area is 96.3 Å². The number of nitrogens with one attached hydrogen (secondary N) is 1. The van der Waals surface area contributed by atoms with Crippen LogP contribution in [0.4, 0.5) is 0 Å². The number of rotatable bonds is 1. The van der Waals surface area contributed by atoms with E-state index in [0.29, 0.717) is 12.1 Å². The van der Waals surface area contributed by atoms with E-state index in [-0.39, 0.29) is 11.9 Å². The number of fused-ring (bicyclic) bond motifs is 2. The van der Waals surface area contributed by atoms with E-state index < -0.39 is 0 Å². The average Bonchev–Trinajstić information content (AvgIpc) is 2.38. The maximum atomic E-state index is 11.8. The standard InChI is InChI=1S/C12H20N2O2/c1-16-12(15)9-2-5-13-10-8-3-6-14(7-4-8)11(9)10/h8-11,13H,2-7H2,1H3. The van der Waals surface area contributed by atoms with Crippen LogP contribution in [0.3, 0.4) is 0 Å².